The second-order valence-electron chi connectivity index (χ2n) is 5.67. The fraction of sp³-hybridized carbons (Fsp3) is 0.0455. The molecule has 1 nitrogen and oxygen atoms in total. The molecular weight excluding hydrogens is 278 g/mol. The van der Waals surface area contributed by atoms with E-state index in [2.05, 4.69) is 65.7 Å². The smallest absolute Gasteiger partial charge is 0.0701 e. The van der Waals surface area contributed by atoms with Crippen LogP contribution < -0.4 is 0 Å². The number of hydrogen-bond donors (Lipinski definition) is 0. The zero-order valence-corrected chi connectivity index (χ0v) is 12.8. The molecule has 0 saturated heterocycles. The molecule has 23 heavy (non-hydrogen) atoms. The predicted octanol–water partition coefficient (Wildman–Crippen LogP) is 5.64. The number of pyridine rings is 1. The lowest BCUT2D eigenvalue weighted by Crippen LogP contribution is -1.91. The average molecular weight is 295 g/mol. The van der Waals surface area contributed by atoms with Gasteiger partial charge in [-0.15, -0.1) is 0 Å². The van der Waals surface area contributed by atoms with Crippen LogP contribution in [0.3, 0.4) is 0 Å². The summed E-state index contributed by atoms with van der Waals surface area (Å²) in [7, 11) is 0. The summed E-state index contributed by atoms with van der Waals surface area (Å²) in [5, 5.41) is 4.00. The molecule has 0 unspecified atom stereocenters. The van der Waals surface area contributed by atoms with Crippen LogP contribution in [-0.2, 0) is 6.42 Å². The topological polar surface area (TPSA) is 12.9 Å². The molecular formula is C22H17N. The van der Waals surface area contributed by atoms with Gasteiger partial charge in [0.15, 0.2) is 0 Å². The normalized spacial score (nSPS) is 12.0. The van der Waals surface area contributed by atoms with Gasteiger partial charge in [-0.2, -0.15) is 0 Å². The number of rotatable bonds is 0. The molecule has 4 aromatic rings. The molecule has 0 atom stereocenters. The molecule has 0 amide bonds. The molecule has 5 rings (SSSR count). The highest BCUT2D eigenvalue weighted by atomic mass is 14.6. The lowest BCUT2D eigenvalue weighted by molar-refractivity contribution is 1.29. The molecule has 3 aromatic carbocycles. The van der Waals surface area contributed by atoms with Crippen LogP contribution in [0.25, 0.3) is 27.8 Å². The van der Waals surface area contributed by atoms with Gasteiger partial charge in [0.1, 0.15) is 0 Å². The van der Waals surface area contributed by atoms with Crippen molar-refractivity contribution in [3.8, 4) is 0 Å². The predicted molar refractivity (Wildman–Crippen MR) is 98.4 cm³/mol. The average Bonchev–Trinajstić information content (AvgIpc) is 2.63. The van der Waals surface area contributed by atoms with Crippen LogP contribution in [0, 0.1) is 0 Å². The SMILES string of the molecule is C1=Cc2cccc3cccc(c23)C1.c1ccc2ncccc2c1. The number of benzene rings is 3. The third kappa shape index (κ3) is 2.74. The maximum Gasteiger partial charge on any atom is 0.0701 e. The maximum absolute atomic E-state index is 4.18. The fourth-order valence-electron chi connectivity index (χ4n) is 3.09. The number of hydrogen-bond acceptors (Lipinski definition) is 1. The van der Waals surface area contributed by atoms with Crippen LogP contribution in [0.5, 0.6) is 0 Å². The van der Waals surface area contributed by atoms with Gasteiger partial charge >= 0.3 is 0 Å². The van der Waals surface area contributed by atoms with E-state index in [1.54, 1.807) is 0 Å². The number of fused-ring (bicyclic) bond motifs is 1. The summed E-state index contributed by atoms with van der Waals surface area (Å²) in [6, 6.07) is 25.1. The molecule has 0 N–H and O–H groups in total. The highest BCUT2D eigenvalue weighted by Crippen LogP contribution is 2.27. The molecule has 110 valence electrons. The van der Waals surface area contributed by atoms with Crippen LogP contribution in [0.1, 0.15) is 11.1 Å². The van der Waals surface area contributed by atoms with Crippen molar-refractivity contribution in [1.29, 1.82) is 0 Å². The lowest BCUT2D eigenvalue weighted by Gasteiger charge is -2.11. The molecule has 0 fully saturated rings. The largest absolute Gasteiger partial charge is 0.256 e. The standard InChI is InChI=1S/C13H10.C9H7N/c1-4-10-6-2-8-12-9-3-7-11(5-1)13(10)12;1-2-6-9-8(4-1)5-3-7-10-9/h1-8H,9H2;1-7H. The van der Waals surface area contributed by atoms with Gasteiger partial charge in [-0.1, -0.05) is 72.8 Å². The minimum Gasteiger partial charge on any atom is -0.256 e. The van der Waals surface area contributed by atoms with Crippen LogP contribution in [-0.4, -0.2) is 4.98 Å². The van der Waals surface area contributed by atoms with Crippen LogP contribution in [0.4, 0.5) is 0 Å². The van der Waals surface area contributed by atoms with Gasteiger partial charge in [0.05, 0.1) is 5.52 Å². The Morgan fingerprint density at radius 2 is 1.48 bits per heavy atom. The molecule has 0 saturated carbocycles. The van der Waals surface area contributed by atoms with E-state index < -0.39 is 0 Å². The van der Waals surface area contributed by atoms with Crippen molar-refractivity contribution in [2.24, 2.45) is 0 Å². The first-order valence-electron chi connectivity index (χ1n) is 7.89. The summed E-state index contributed by atoms with van der Waals surface area (Å²) in [6.45, 7) is 0. The van der Waals surface area contributed by atoms with E-state index in [-0.39, 0.29) is 0 Å². The van der Waals surface area contributed by atoms with E-state index in [0.29, 0.717) is 0 Å². The van der Waals surface area contributed by atoms with Crippen molar-refractivity contribution < 1.29 is 0 Å². The van der Waals surface area contributed by atoms with E-state index in [0.717, 1.165) is 11.9 Å². The molecule has 1 heterocycles. The van der Waals surface area contributed by atoms with Crippen molar-refractivity contribution >= 4 is 27.8 Å². The summed E-state index contributed by atoms with van der Waals surface area (Å²) in [5.41, 5.74) is 3.87. The molecule has 0 aliphatic heterocycles. The Labute approximate surface area is 135 Å². The van der Waals surface area contributed by atoms with Crippen molar-refractivity contribution in [3.05, 3.63) is 96.2 Å². The monoisotopic (exact) mass is 295 g/mol. The van der Waals surface area contributed by atoms with Gasteiger partial charge in [0.25, 0.3) is 0 Å². The van der Waals surface area contributed by atoms with Crippen LogP contribution in [0.15, 0.2) is 85.1 Å². The highest BCUT2D eigenvalue weighted by molar-refractivity contribution is 5.94. The molecule has 0 bridgehead atoms. The zero-order chi connectivity index (χ0) is 15.5. The van der Waals surface area contributed by atoms with Gasteiger partial charge in [-0.3, -0.25) is 4.98 Å². The minimum absolute atomic E-state index is 1.06. The maximum atomic E-state index is 4.18. The van der Waals surface area contributed by atoms with Gasteiger partial charge in [0.2, 0.25) is 0 Å². The Morgan fingerprint density at radius 3 is 2.39 bits per heavy atom. The Morgan fingerprint density at radius 1 is 0.696 bits per heavy atom. The molecule has 1 heteroatoms. The minimum atomic E-state index is 1.06. The summed E-state index contributed by atoms with van der Waals surface area (Å²) in [5.74, 6) is 0. The van der Waals surface area contributed by atoms with Gasteiger partial charge < -0.3 is 0 Å². The van der Waals surface area contributed by atoms with Crippen molar-refractivity contribution in [1.82, 2.24) is 4.98 Å². The van der Waals surface area contributed by atoms with Gasteiger partial charge in [-0.05, 0) is 40.5 Å². The van der Waals surface area contributed by atoms with E-state index >= 15 is 0 Å². The number of nitrogens with zero attached hydrogens (tertiary/aromatic N) is 1. The van der Waals surface area contributed by atoms with Crippen molar-refractivity contribution in [3.63, 3.8) is 0 Å². The third-order valence-electron chi connectivity index (χ3n) is 4.17. The van der Waals surface area contributed by atoms with Crippen molar-refractivity contribution in [2.45, 2.75) is 6.42 Å². The first-order valence-corrected chi connectivity index (χ1v) is 7.89. The first-order chi connectivity index (χ1) is 11.4. The molecule has 1 aliphatic carbocycles. The second kappa shape index (κ2) is 6.05. The number of aromatic nitrogens is 1. The Kier molecular flexibility index (Phi) is 3.61. The quantitative estimate of drug-likeness (QED) is 0.409. The van der Waals surface area contributed by atoms with Gasteiger partial charge in [-0.25, -0.2) is 0 Å². The molecule has 1 aromatic heterocycles. The van der Waals surface area contributed by atoms with Gasteiger partial charge in [0, 0.05) is 11.6 Å². The summed E-state index contributed by atoms with van der Waals surface area (Å²) >= 11 is 0. The Bertz CT molecular complexity index is 928. The van der Waals surface area contributed by atoms with E-state index in [1.807, 2.05) is 30.5 Å². The summed E-state index contributed by atoms with van der Waals surface area (Å²) in [4.78, 5) is 4.18. The lowest BCUT2D eigenvalue weighted by atomic mass is 9.93. The second-order valence-corrected chi connectivity index (χ2v) is 5.67. The van der Waals surface area contributed by atoms with E-state index in [1.165, 1.54) is 27.3 Å². The first kappa shape index (κ1) is 13.7. The van der Waals surface area contributed by atoms with E-state index in [4.69, 9.17) is 0 Å². The van der Waals surface area contributed by atoms with E-state index in [9.17, 15) is 0 Å². The number of allylic oxidation sites excluding steroid dienone is 1. The Hall–Kier alpha value is -2.93. The van der Waals surface area contributed by atoms with Crippen LogP contribution >= 0.6 is 0 Å². The summed E-state index contributed by atoms with van der Waals surface area (Å²) < 4.78 is 0. The molecule has 0 spiro atoms. The summed E-state index contributed by atoms with van der Waals surface area (Å²) in [6.07, 6.45) is 7.34. The highest BCUT2D eigenvalue weighted by Gasteiger charge is 2.06. The molecule has 1 aliphatic rings. The van der Waals surface area contributed by atoms with Crippen LogP contribution in [0.2, 0.25) is 0 Å². The fourth-order valence-corrected chi connectivity index (χ4v) is 3.09. The Balaban J connectivity index is 0.000000122. The third-order valence-corrected chi connectivity index (χ3v) is 4.17. The number of para-hydroxylation sites is 1. The van der Waals surface area contributed by atoms with Crippen molar-refractivity contribution in [2.75, 3.05) is 0 Å². The molecule has 0 radical (unpaired) electrons. The zero-order valence-electron chi connectivity index (χ0n) is 12.8.